The molecular formula is C15H13N5O2S. The topological polar surface area (TPSA) is 100 Å². The van der Waals surface area contributed by atoms with Crippen LogP contribution in [0.3, 0.4) is 0 Å². The summed E-state index contributed by atoms with van der Waals surface area (Å²) in [6, 6.07) is 13.4. The van der Waals surface area contributed by atoms with Gasteiger partial charge in [-0.25, -0.2) is 13.1 Å². The molecule has 0 amide bonds. The van der Waals surface area contributed by atoms with Crippen molar-refractivity contribution in [3.8, 4) is 6.07 Å². The van der Waals surface area contributed by atoms with Crippen LogP contribution in [0.1, 0.15) is 11.4 Å². The highest BCUT2D eigenvalue weighted by molar-refractivity contribution is 7.89. The molecule has 0 saturated carbocycles. The van der Waals surface area contributed by atoms with Crippen molar-refractivity contribution < 1.29 is 8.42 Å². The molecule has 0 aliphatic rings. The van der Waals surface area contributed by atoms with Crippen molar-refractivity contribution in [2.75, 3.05) is 6.54 Å². The summed E-state index contributed by atoms with van der Waals surface area (Å²) in [4.78, 5) is 0.0719. The van der Waals surface area contributed by atoms with E-state index in [1.165, 1.54) is 12.1 Å². The SMILES string of the molecule is N#Cc1cccc(S(=O)(=O)NCCc2nnc3ccccn23)c1. The number of nitrogens with one attached hydrogen (secondary N) is 1. The minimum Gasteiger partial charge on any atom is -0.286 e. The monoisotopic (exact) mass is 327 g/mol. The van der Waals surface area contributed by atoms with Gasteiger partial charge in [-0.2, -0.15) is 5.26 Å². The molecular weight excluding hydrogens is 314 g/mol. The lowest BCUT2D eigenvalue weighted by Crippen LogP contribution is -2.26. The third kappa shape index (κ3) is 3.21. The first-order valence-electron chi connectivity index (χ1n) is 6.88. The number of pyridine rings is 1. The molecule has 2 aromatic heterocycles. The minimum atomic E-state index is -3.66. The van der Waals surface area contributed by atoms with E-state index in [0.29, 0.717) is 23.5 Å². The summed E-state index contributed by atoms with van der Waals surface area (Å²) >= 11 is 0. The first-order valence-corrected chi connectivity index (χ1v) is 8.37. The quantitative estimate of drug-likeness (QED) is 0.757. The van der Waals surface area contributed by atoms with Gasteiger partial charge < -0.3 is 0 Å². The maximum Gasteiger partial charge on any atom is 0.240 e. The first kappa shape index (κ1) is 15.1. The largest absolute Gasteiger partial charge is 0.286 e. The normalized spacial score (nSPS) is 11.4. The molecule has 3 aromatic rings. The summed E-state index contributed by atoms with van der Waals surface area (Å²) < 4.78 is 28.8. The lowest BCUT2D eigenvalue weighted by molar-refractivity contribution is 0.580. The van der Waals surface area contributed by atoms with Crippen LogP contribution in [0.15, 0.2) is 53.6 Å². The van der Waals surface area contributed by atoms with Gasteiger partial charge in [-0.15, -0.1) is 10.2 Å². The molecule has 0 aliphatic heterocycles. The number of nitrogens with zero attached hydrogens (tertiary/aromatic N) is 4. The predicted octanol–water partition coefficient (Wildman–Crippen LogP) is 1.12. The fraction of sp³-hybridized carbons (Fsp3) is 0.133. The van der Waals surface area contributed by atoms with E-state index in [1.54, 1.807) is 12.1 Å². The van der Waals surface area contributed by atoms with Crippen LogP contribution in [0.4, 0.5) is 0 Å². The first-order chi connectivity index (χ1) is 11.1. The van der Waals surface area contributed by atoms with Gasteiger partial charge in [-0.05, 0) is 30.3 Å². The maximum atomic E-state index is 12.2. The highest BCUT2D eigenvalue weighted by atomic mass is 32.2. The number of fused-ring (bicyclic) bond motifs is 1. The summed E-state index contributed by atoms with van der Waals surface area (Å²) in [7, 11) is -3.66. The highest BCUT2D eigenvalue weighted by Crippen LogP contribution is 2.11. The van der Waals surface area contributed by atoms with Crippen molar-refractivity contribution in [1.29, 1.82) is 5.26 Å². The highest BCUT2D eigenvalue weighted by Gasteiger charge is 2.14. The molecule has 0 saturated heterocycles. The third-order valence-electron chi connectivity index (χ3n) is 3.30. The van der Waals surface area contributed by atoms with Crippen molar-refractivity contribution in [2.45, 2.75) is 11.3 Å². The van der Waals surface area contributed by atoms with E-state index in [-0.39, 0.29) is 11.4 Å². The van der Waals surface area contributed by atoms with Crippen molar-refractivity contribution in [3.05, 3.63) is 60.0 Å². The lowest BCUT2D eigenvalue weighted by Gasteiger charge is -2.06. The molecule has 0 fully saturated rings. The van der Waals surface area contributed by atoms with Crippen LogP contribution >= 0.6 is 0 Å². The van der Waals surface area contributed by atoms with Gasteiger partial charge in [0.1, 0.15) is 5.82 Å². The van der Waals surface area contributed by atoms with Gasteiger partial charge >= 0.3 is 0 Å². The van der Waals surface area contributed by atoms with Crippen LogP contribution in [0, 0.1) is 11.3 Å². The zero-order valence-electron chi connectivity index (χ0n) is 12.0. The Morgan fingerprint density at radius 2 is 2.04 bits per heavy atom. The molecule has 1 aromatic carbocycles. The Hall–Kier alpha value is -2.76. The van der Waals surface area contributed by atoms with Crippen molar-refractivity contribution in [2.24, 2.45) is 0 Å². The summed E-state index contributed by atoms with van der Waals surface area (Å²) in [6.45, 7) is 0.189. The molecule has 0 atom stereocenters. The zero-order chi connectivity index (χ0) is 16.3. The Morgan fingerprint density at radius 3 is 2.87 bits per heavy atom. The Balaban J connectivity index is 1.71. The smallest absolute Gasteiger partial charge is 0.240 e. The Morgan fingerprint density at radius 1 is 1.17 bits per heavy atom. The molecule has 0 radical (unpaired) electrons. The van der Waals surface area contributed by atoms with E-state index < -0.39 is 10.0 Å². The molecule has 0 unspecified atom stereocenters. The van der Waals surface area contributed by atoms with Crippen LogP contribution in [-0.2, 0) is 16.4 Å². The van der Waals surface area contributed by atoms with E-state index in [4.69, 9.17) is 5.26 Å². The number of sulfonamides is 1. The average Bonchev–Trinajstić information content (AvgIpc) is 2.98. The van der Waals surface area contributed by atoms with E-state index in [9.17, 15) is 8.42 Å². The molecule has 116 valence electrons. The molecule has 0 spiro atoms. The van der Waals surface area contributed by atoms with Crippen LogP contribution in [-0.4, -0.2) is 29.6 Å². The molecule has 0 bridgehead atoms. The molecule has 0 aliphatic carbocycles. The van der Waals surface area contributed by atoms with Crippen molar-refractivity contribution >= 4 is 15.7 Å². The minimum absolute atomic E-state index is 0.0719. The van der Waals surface area contributed by atoms with E-state index in [2.05, 4.69) is 14.9 Å². The second kappa shape index (κ2) is 6.16. The molecule has 23 heavy (non-hydrogen) atoms. The van der Waals surface area contributed by atoms with Crippen LogP contribution in [0.25, 0.3) is 5.65 Å². The molecule has 7 nitrogen and oxygen atoms in total. The number of hydrogen-bond acceptors (Lipinski definition) is 5. The van der Waals surface area contributed by atoms with Gasteiger partial charge in [0.05, 0.1) is 16.5 Å². The van der Waals surface area contributed by atoms with Crippen LogP contribution in [0.5, 0.6) is 0 Å². The summed E-state index contributed by atoms with van der Waals surface area (Å²) in [5.74, 6) is 0.675. The molecule has 1 N–H and O–H groups in total. The van der Waals surface area contributed by atoms with Gasteiger partial charge in [-0.3, -0.25) is 4.40 Å². The molecule has 2 heterocycles. The standard InChI is InChI=1S/C15H13N5O2S/c16-11-12-4-3-5-13(10-12)23(21,22)17-8-7-15-19-18-14-6-1-2-9-20(14)15/h1-6,9-10,17H,7-8H2. The number of rotatable bonds is 5. The van der Waals surface area contributed by atoms with Crippen molar-refractivity contribution in [1.82, 2.24) is 19.3 Å². The fourth-order valence-corrected chi connectivity index (χ4v) is 3.25. The second-order valence-electron chi connectivity index (χ2n) is 4.83. The number of nitriles is 1. The lowest BCUT2D eigenvalue weighted by atomic mass is 10.2. The van der Waals surface area contributed by atoms with E-state index in [1.807, 2.05) is 34.9 Å². The maximum absolute atomic E-state index is 12.2. The average molecular weight is 327 g/mol. The molecule has 8 heteroatoms. The van der Waals surface area contributed by atoms with Crippen molar-refractivity contribution in [3.63, 3.8) is 0 Å². The predicted molar refractivity (Wildman–Crippen MR) is 83.0 cm³/mol. The summed E-state index contributed by atoms with van der Waals surface area (Å²) in [5.41, 5.74) is 1.02. The number of aromatic nitrogens is 3. The Labute approximate surface area is 133 Å². The van der Waals surface area contributed by atoms with E-state index in [0.717, 1.165) is 0 Å². The van der Waals surface area contributed by atoms with E-state index >= 15 is 0 Å². The molecule has 3 rings (SSSR count). The van der Waals surface area contributed by atoms with Gasteiger partial charge in [0.2, 0.25) is 10.0 Å². The van der Waals surface area contributed by atoms with Gasteiger partial charge in [-0.1, -0.05) is 12.1 Å². The van der Waals surface area contributed by atoms with Crippen LogP contribution in [0.2, 0.25) is 0 Å². The Kier molecular flexibility index (Phi) is 4.06. The number of benzene rings is 1. The number of hydrogen-bond donors (Lipinski definition) is 1. The van der Waals surface area contributed by atoms with Gasteiger partial charge in [0, 0.05) is 19.2 Å². The zero-order valence-corrected chi connectivity index (χ0v) is 12.9. The van der Waals surface area contributed by atoms with Gasteiger partial charge in [0.15, 0.2) is 5.65 Å². The summed E-state index contributed by atoms with van der Waals surface area (Å²) in [5, 5.41) is 16.9. The summed E-state index contributed by atoms with van der Waals surface area (Å²) in [6.07, 6.45) is 2.23. The fourth-order valence-electron chi connectivity index (χ4n) is 2.17. The second-order valence-corrected chi connectivity index (χ2v) is 6.60. The third-order valence-corrected chi connectivity index (χ3v) is 4.76. The Bertz CT molecular complexity index is 988. The van der Waals surface area contributed by atoms with Gasteiger partial charge in [0.25, 0.3) is 0 Å². The van der Waals surface area contributed by atoms with Crippen LogP contribution < -0.4 is 4.72 Å².